The molecule has 0 saturated heterocycles. The van der Waals surface area contributed by atoms with Crippen LogP contribution in [0.2, 0.25) is 0 Å². The Morgan fingerprint density at radius 2 is 1.67 bits per heavy atom. The Balaban J connectivity index is 1.80. The van der Waals surface area contributed by atoms with Gasteiger partial charge in [-0.25, -0.2) is 0 Å². The van der Waals surface area contributed by atoms with Crippen LogP contribution in [-0.4, -0.2) is 20.8 Å². The number of fused-ring (bicyclic) bond motifs is 2. The molecule has 0 spiro atoms. The molecule has 0 aliphatic carbocycles. The Kier molecular flexibility index (Phi) is 4.73. The topological polar surface area (TPSA) is 29.3 Å². The van der Waals surface area contributed by atoms with Crippen molar-refractivity contribution >= 4 is 65.4 Å². The number of nitrogens with zero attached hydrogens (tertiary/aromatic N) is 1. The van der Waals surface area contributed by atoms with Crippen LogP contribution in [0.25, 0.3) is 0 Å². The van der Waals surface area contributed by atoms with Crippen LogP contribution >= 0.6 is 11.9 Å². The molecule has 2 radical (unpaired) electrons. The molecule has 1 aliphatic heterocycles. The quantitative estimate of drug-likeness (QED) is 0.437. The van der Waals surface area contributed by atoms with Crippen molar-refractivity contribution in [2.45, 2.75) is 20.8 Å². The Hall–Kier alpha value is -2.26. The lowest BCUT2D eigenvalue weighted by atomic mass is 9.55. The lowest BCUT2D eigenvalue weighted by Crippen LogP contribution is -2.43. The van der Waals surface area contributed by atoms with Crippen LogP contribution in [-0.2, 0) is 0 Å². The Morgan fingerprint density at radius 3 is 2.41 bits per heavy atom. The largest absolute Gasteiger partial charge is 0.399 e. The summed E-state index contributed by atoms with van der Waals surface area (Å²) in [7, 11) is 4.58. The first-order chi connectivity index (χ1) is 13.0. The number of nitrogen functional groups attached to an aromatic ring is 1. The normalized spacial score (nSPS) is 12.2. The van der Waals surface area contributed by atoms with E-state index in [9.17, 15) is 0 Å². The molecule has 0 saturated carbocycles. The average Bonchev–Trinajstić information content (AvgIpc) is 2.63. The molecule has 5 heteroatoms. The summed E-state index contributed by atoms with van der Waals surface area (Å²) in [6, 6.07) is 17.2. The number of nitrogens with two attached hydrogens (primary N) is 1. The van der Waals surface area contributed by atoms with Crippen LogP contribution in [0.5, 0.6) is 0 Å². The van der Waals surface area contributed by atoms with Crippen LogP contribution in [0.3, 0.4) is 0 Å². The summed E-state index contributed by atoms with van der Waals surface area (Å²) in [5.74, 6) is 0. The van der Waals surface area contributed by atoms with Gasteiger partial charge in [-0.05, 0) is 50.9 Å². The van der Waals surface area contributed by atoms with Crippen LogP contribution in [0.4, 0.5) is 17.1 Å². The predicted octanol–water partition coefficient (Wildman–Crippen LogP) is 2.23. The van der Waals surface area contributed by atoms with E-state index in [2.05, 4.69) is 88.4 Å². The van der Waals surface area contributed by atoms with E-state index in [0.29, 0.717) is 0 Å². The summed E-state index contributed by atoms with van der Waals surface area (Å²) in [6.07, 6.45) is 2.11. The van der Waals surface area contributed by atoms with Gasteiger partial charge < -0.3 is 5.73 Å². The number of hydrogen-bond acceptors (Lipinski definition) is 3. The van der Waals surface area contributed by atoms with Crippen molar-refractivity contribution in [3.8, 4) is 0 Å². The van der Waals surface area contributed by atoms with Gasteiger partial charge in [0.15, 0.2) is 14.6 Å². The molecule has 132 valence electrons. The van der Waals surface area contributed by atoms with E-state index in [4.69, 9.17) is 5.73 Å². The van der Waals surface area contributed by atoms with Crippen molar-refractivity contribution in [3.05, 3.63) is 65.2 Å². The Morgan fingerprint density at radius 1 is 0.889 bits per heavy atom. The van der Waals surface area contributed by atoms with Crippen molar-refractivity contribution in [1.82, 2.24) is 0 Å². The third-order valence-corrected chi connectivity index (χ3v) is 5.98. The lowest BCUT2D eigenvalue weighted by molar-refractivity contribution is 1.40. The van der Waals surface area contributed by atoms with Crippen LogP contribution < -0.4 is 31.9 Å². The minimum absolute atomic E-state index is 0.809. The Bertz CT molecular complexity index is 1030. The van der Waals surface area contributed by atoms with E-state index < -0.39 is 0 Å². The number of aryl methyl sites for hydroxylation is 3. The maximum atomic E-state index is 6.12. The van der Waals surface area contributed by atoms with E-state index in [-0.39, 0.29) is 0 Å². The van der Waals surface area contributed by atoms with Gasteiger partial charge >= 0.3 is 0 Å². The first kappa shape index (κ1) is 18.1. The van der Waals surface area contributed by atoms with Crippen LogP contribution in [0, 0.1) is 20.8 Å². The molecule has 3 aromatic carbocycles. The van der Waals surface area contributed by atoms with Crippen molar-refractivity contribution in [2.75, 3.05) is 16.3 Å². The molecule has 2 N–H and O–H groups in total. The average molecular weight is 368 g/mol. The summed E-state index contributed by atoms with van der Waals surface area (Å²) in [5, 5.41) is 0. The highest BCUT2D eigenvalue weighted by Crippen LogP contribution is 2.33. The molecule has 0 bridgehead atoms. The zero-order valence-electron chi connectivity index (χ0n) is 16.2. The Labute approximate surface area is 167 Å². The van der Waals surface area contributed by atoms with Crippen molar-refractivity contribution in [1.29, 1.82) is 0 Å². The fraction of sp³-hybridized carbons (Fsp3) is 0.182. The highest BCUT2D eigenvalue weighted by Gasteiger charge is 2.26. The monoisotopic (exact) mass is 368 g/mol. The van der Waals surface area contributed by atoms with Gasteiger partial charge in [-0.1, -0.05) is 68.9 Å². The summed E-state index contributed by atoms with van der Waals surface area (Å²) in [5.41, 5.74) is 18.1. The molecule has 0 unspecified atom stereocenters. The highest BCUT2D eigenvalue weighted by molar-refractivity contribution is 8.00. The van der Waals surface area contributed by atoms with Crippen LogP contribution in [0.1, 0.15) is 16.7 Å². The number of hydrogen-bond donors (Lipinski definition) is 1. The fourth-order valence-electron chi connectivity index (χ4n) is 3.74. The fourth-order valence-corrected chi connectivity index (χ4v) is 4.44. The second kappa shape index (κ2) is 7.05. The SMILES string of the molecule is CSN1c2cc(C)c([B]c3ccccc3C)cc2[B]c2c(C)cc(N)cc21. The van der Waals surface area contributed by atoms with Gasteiger partial charge in [0.1, 0.15) is 0 Å². The van der Waals surface area contributed by atoms with Crippen molar-refractivity contribution < 1.29 is 0 Å². The van der Waals surface area contributed by atoms with Crippen molar-refractivity contribution in [2.24, 2.45) is 0 Å². The first-order valence-corrected chi connectivity index (χ1v) is 10.3. The smallest absolute Gasteiger partial charge is 0.197 e. The third-order valence-electron chi connectivity index (χ3n) is 5.22. The summed E-state index contributed by atoms with van der Waals surface area (Å²) < 4.78 is 2.29. The second-order valence-corrected chi connectivity index (χ2v) is 7.89. The zero-order chi connectivity index (χ0) is 19.1. The van der Waals surface area contributed by atoms with Gasteiger partial charge in [-0.2, -0.15) is 0 Å². The van der Waals surface area contributed by atoms with Crippen LogP contribution in [0.15, 0.2) is 48.5 Å². The lowest BCUT2D eigenvalue weighted by Gasteiger charge is -2.33. The molecular weight excluding hydrogens is 346 g/mol. The molecule has 0 fully saturated rings. The third kappa shape index (κ3) is 3.25. The van der Waals surface area contributed by atoms with E-state index in [1.807, 2.05) is 6.07 Å². The van der Waals surface area contributed by atoms with Crippen molar-refractivity contribution in [3.63, 3.8) is 0 Å². The van der Waals surface area contributed by atoms with Gasteiger partial charge in [0, 0.05) is 23.3 Å². The van der Waals surface area contributed by atoms with Gasteiger partial charge in [0.25, 0.3) is 0 Å². The molecule has 1 aliphatic rings. The van der Waals surface area contributed by atoms with E-state index in [0.717, 1.165) is 5.69 Å². The van der Waals surface area contributed by atoms with Gasteiger partial charge in [-0.3, -0.25) is 4.31 Å². The maximum absolute atomic E-state index is 6.12. The number of benzene rings is 3. The molecule has 4 rings (SSSR count). The first-order valence-electron chi connectivity index (χ1n) is 9.12. The van der Waals surface area contributed by atoms with E-state index in [1.54, 1.807) is 11.9 Å². The second-order valence-electron chi connectivity index (χ2n) is 7.16. The molecule has 3 aromatic rings. The summed E-state index contributed by atoms with van der Waals surface area (Å²) >= 11 is 1.72. The molecule has 1 heterocycles. The zero-order valence-corrected chi connectivity index (χ0v) is 17.0. The number of anilines is 3. The van der Waals surface area contributed by atoms with E-state index >= 15 is 0 Å². The van der Waals surface area contributed by atoms with Gasteiger partial charge in [-0.15, -0.1) is 0 Å². The maximum Gasteiger partial charge on any atom is 0.197 e. The van der Waals surface area contributed by atoms with Gasteiger partial charge in [0.2, 0.25) is 0 Å². The summed E-state index contributed by atoms with van der Waals surface area (Å²) in [4.78, 5) is 0. The van der Waals surface area contributed by atoms with E-state index in [1.165, 1.54) is 49.9 Å². The highest BCUT2D eigenvalue weighted by atomic mass is 32.2. The minimum atomic E-state index is 0.809. The van der Waals surface area contributed by atoms with Gasteiger partial charge in [0.05, 0.1) is 0 Å². The molecule has 2 nitrogen and oxygen atoms in total. The number of rotatable bonds is 3. The molecule has 0 aromatic heterocycles. The minimum Gasteiger partial charge on any atom is -0.399 e. The standard InChI is InChI=1S/C22H22B2N2S/c1-13-7-5-6-8-17(13)23-18-12-19-20(10-14(18)2)26(27-4)21-11-16(25)9-15(3)22(21)24-19/h5-12H,25H2,1-4H3. The molecule has 27 heavy (non-hydrogen) atoms. The molecule has 0 amide bonds. The predicted molar refractivity (Wildman–Crippen MR) is 124 cm³/mol. The molecular formula is C22H22B2N2S. The molecule has 0 atom stereocenters. The summed E-state index contributed by atoms with van der Waals surface area (Å²) in [6.45, 7) is 6.47.